The molecule has 0 radical (unpaired) electrons. The molecule has 1 aliphatic heterocycles. The van der Waals surface area contributed by atoms with Crippen LogP contribution in [0.3, 0.4) is 0 Å². The average molecular weight is 469 g/mol. The van der Waals surface area contributed by atoms with Gasteiger partial charge in [-0.15, -0.1) is 0 Å². The molecule has 0 atom stereocenters. The summed E-state index contributed by atoms with van der Waals surface area (Å²) in [6, 6.07) is 14.8. The van der Waals surface area contributed by atoms with E-state index in [9.17, 15) is 24.5 Å². The third-order valence-electron chi connectivity index (χ3n) is 4.17. The molecule has 162 valence electrons. The zero-order valence-electron chi connectivity index (χ0n) is 16.4. The minimum absolute atomic E-state index is 0.203. The van der Waals surface area contributed by atoms with Gasteiger partial charge >= 0.3 is 0 Å². The van der Waals surface area contributed by atoms with E-state index in [0.717, 1.165) is 22.2 Å². The topological polar surface area (TPSA) is 122 Å². The number of hydrazine groups is 1. The first-order chi connectivity index (χ1) is 15.4. The number of hydrogen-bond donors (Lipinski definition) is 2. The van der Waals surface area contributed by atoms with Crippen molar-refractivity contribution in [1.29, 1.82) is 0 Å². The highest BCUT2D eigenvalue weighted by molar-refractivity contribution is 8.26. The number of nitro groups is 1. The molecule has 0 spiro atoms. The van der Waals surface area contributed by atoms with Crippen molar-refractivity contribution in [3.05, 3.63) is 92.9 Å². The lowest BCUT2D eigenvalue weighted by atomic mass is 10.2. The minimum atomic E-state index is -0.859. The Hall–Kier alpha value is -3.83. The maximum atomic E-state index is 12.5. The van der Waals surface area contributed by atoms with Gasteiger partial charge < -0.3 is 0 Å². The van der Waals surface area contributed by atoms with Crippen molar-refractivity contribution in [2.75, 3.05) is 6.54 Å². The van der Waals surface area contributed by atoms with E-state index in [1.54, 1.807) is 12.2 Å². The summed E-state index contributed by atoms with van der Waals surface area (Å²) in [6.45, 7) is -0.415. The molecule has 0 aromatic heterocycles. The van der Waals surface area contributed by atoms with Gasteiger partial charge in [-0.3, -0.25) is 40.2 Å². The van der Waals surface area contributed by atoms with Crippen LogP contribution in [0.2, 0.25) is 0 Å². The number of carbonyl (C=O) groups is 3. The molecule has 9 nitrogen and oxygen atoms in total. The quantitative estimate of drug-likeness (QED) is 0.289. The number of carbonyl (C=O) groups excluding carboxylic acids is 3. The molecule has 3 rings (SSSR count). The Morgan fingerprint density at radius 1 is 1.09 bits per heavy atom. The third-order valence-corrected chi connectivity index (χ3v) is 5.57. The Kier molecular flexibility index (Phi) is 7.47. The molecule has 2 aromatic carbocycles. The number of allylic oxidation sites excluding steroid dienone is 2. The second kappa shape index (κ2) is 10.5. The SMILES string of the molecule is O=C(CN1C(=O)C(=CC=Cc2ccccc2)SC1=S)NNC(=O)c1ccccc1[N+](=O)[O-]. The minimum Gasteiger partial charge on any atom is -0.283 e. The zero-order valence-corrected chi connectivity index (χ0v) is 18.0. The van der Waals surface area contributed by atoms with E-state index in [-0.39, 0.29) is 9.88 Å². The summed E-state index contributed by atoms with van der Waals surface area (Å²) in [5, 5.41) is 11.0. The normalized spacial score (nSPS) is 14.8. The lowest BCUT2D eigenvalue weighted by Gasteiger charge is -2.14. The van der Waals surface area contributed by atoms with Crippen molar-refractivity contribution in [3.8, 4) is 0 Å². The molecule has 32 heavy (non-hydrogen) atoms. The van der Waals surface area contributed by atoms with Gasteiger partial charge in [0, 0.05) is 6.07 Å². The van der Waals surface area contributed by atoms with Gasteiger partial charge in [0.15, 0.2) is 0 Å². The molecule has 1 aliphatic rings. The lowest BCUT2D eigenvalue weighted by Crippen LogP contribution is -2.47. The Morgan fingerprint density at radius 2 is 1.78 bits per heavy atom. The van der Waals surface area contributed by atoms with Crippen LogP contribution >= 0.6 is 24.0 Å². The van der Waals surface area contributed by atoms with Crippen LogP contribution in [0.25, 0.3) is 6.08 Å². The predicted molar refractivity (Wildman–Crippen MR) is 124 cm³/mol. The summed E-state index contributed by atoms with van der Waals surface area (Å²) < 4.78 is 0.203. The largest absolute Gasteiger partial charge is 0.283 e. The van der Waals surface area contributed by atoms with Crippen LogP contribution < -0.4 is 10.9 Å². The molecule has 3 amide bonds. The molecule has 0 unspecified atom stereocenters. The van der Waals surface area contributed by atoms with Crippen molar-refractivity contribution in [2.45, 2.75) is 0 Å². The molecule has 0 aliphatic carbocycles. The highest BCUT2D eigenvalue weighted by Crippen LogP contribution is 2.30. The van der Waals surface area contributed by atoms with Gasteiger partial charge in [0.05, 0.1) is 9.83 Å². The van der Waals surface area contributed by atoms with Crippen LogP contribution in [0.1, 0.15) is 15.9 Å². The van der Waals surface area contributed by atoms with Gasteiger partial charge in [-0.1, -0.05) is 78.6 Å². The molecule has 1 fully saturated rings. The maximum absolute atomic E-state index is 12.5. The van der Waals surface area contributed by atoms with E-state index in [2.05, 4.69) is 10.9 Å². The monoisotopic (exact) mass is 468 g/mol. The van der Waals surface area contributed by atoms with Crippen LogP contribution in [-0.2, 0) is 9.59 Å². The molecule has 11 heteroatoms. The first-order valence-corrected chi connectivity index (χ1v) is 10.4. The van der Waals surface area contributed by atoms with Gasteiger partial charge in [0.2, 0.25) is 0 Å². The highest BCUT2D eigenvalue weighted by atomic mass is 32.2. The van der Waals surface area contributed by atoms with Crippen LogP contribution in [0, 0.1) is 10.1 Å². The Bertz CT molecular complexity index is 1150. The summed E-state index contributed by atoms with van der Waals surface area (Å²) in [6.07, 6.45) is 5.16. The average Bonchev–Trinajstić information content (AvgIpc) is 3.05. The Balaban J connectivity index is 1.57. The molecular weight excluding hydrogens is 452 g/mol. The molecule has 0 bridgehead atoms. The fraction of sp³-hybridized carbons (Fsp3) is 0.0476. The Morgan fingerprint density at radius 3 is 2.50 bits per heavy atom. The molecule has 2 aromatic rings. The number of rotatable bonds is 6. The smallest absolute Gasteiger partial charge is 0.282 e. The van der Waals surface area contributed by atoms with Crippen LogP contribution in [0.4, 0.5) is 5.69 Å². The second-order valence-electron chi connectivity index (χ2n) is 6.34. The fourth-order valence-electron chi connectivity index (χ4n) is 2.66. The Labute approximate surface area is 192 Å². The number of thiocarbonyl (C=S) groups is 1. The van der Waals surface area contributed by atoms with E-state index in [0.29, 0.717) is 4.91 Å². The van der Waals surface area contributed by atoms with Crippen LogP contribution in [0.5, 0.6) is 0 Å². The van der Waals surface area contributed by atoms with Crippen molar-refractivity contribution in [2.24, 2.45) is 0 Å². The standard InChI is InChI=1S/C21H16N4O5S2/c26-18(22-23-19(27)15-10-4-5-11-16(15)25(29)30)13-24-20(28)17(32-21(24)31)12-6-9-14-7-2-1-3-8-14/h1-12H,13H2,(H,22,26)(H,23,27). The highest BCUT2D eigenvalue weighted by Gasteiger charge is 2.33. The summed E-state index contributed by atoms with van der Waals surface area (Å²) in [4.78, 5) is 48.7. The zero-order chi connectivity index (χ0) is 23.1. The van der Waals surface area contributed by atoms with Crippen LogP contribution in [-0.4, -0.2) is 38.4 Å². The van der Waals surface area contributed by atoms with Crippen molar-refractivity contribution in [1.82, 2.24) is 15.8 Å². The maximum Gasteiger partial charge on any atom is 0.282 e. The van der Waals surface area contributed by atoms with Gasteiger partial charge in [0.1, 0.15) is 16.4 Å². The number of thioether (sulfide) groups is 1. The van der Waals surface area contributed by atoms with Gasteiger partial charge in [-0.2, -0.15) is 0 Å². The molecule has 0 saturated carbocycles. The molecular formula is C21H16N4O5S2. The van der Waals surface area contributed by atoms with E-state index in [1.165, 1.54) is 24.3 Å². The van der Waals surface area contributed by atoms with Gasteiger partial charge in [0.25, 0.3) is 23.4 Å². The summed E-state index contributed by atoms with van der Waals surface area (Å²) in [5.41, 5.74) is 4.60. The van der Waals surface area contributed by atoms with E-state index >= 15 is 0 Å². The van der Waals surface area contributed by atoms with E-state index in [4.69, 9.17) is 12.2 Å². The first kappa shape index (κ1) is 22.8. The van der Waals surface area contributed by atoms with E-state index < -0.39 is 34.9 Å². The van der Waals surface area contributed by atoms with Crippen molar-refractivity contribution in [3.63, 3.8) is 0 Å². The molecule has 1 saturated heterocycles. The number of nitrogens with one attached hydrogen (secondary N) is 2. The number of nitrogens with zero attached hydrogens (tertiary/aromatic N) is 2. The number of hydrogen-bond acceptors (Lipinski definition) is 7. The summed E-state index contributed by atoms with van der Waals surface area (Å²) in [5.74, 6) is -2.01. The first-order valence-electron chi connectivity index (χ1n) is 9.16. The third kappa shape index (κ3) is 5.65. The number of benzene rings is 2. The van der Waals surface area contributed by atoms with Crippen LogP contribution in [0.15, 0.2) is 71.7 Å². The molecule has 2 N–H and O–H groups in total. The van der Waals surface area contributed by atoms with Gasteiger partial charge in [-0.05, 0) is 17.7 Å². The summed E-state index contributed by atoms with van der Waals surface area (Å²) in [7, 11) is 0. The fourth-order valence-corrected chi connectivity index (χ4v) is 3.87. The summed E-state index contributed by atoms with van der Waals surface area (Å²) >= 11 is 6.24. The lowest BCUT2D eigenvalue weighted by molar-refractivity contribution is -0.385. The molecule has 1 heterocycles. The number of amides is 3. The van der Waals surface area contributed by atoms with Crippen molar-refractivity contribution < 1.29 is 19.3 Å². The number of nitro benzene ring substituents is 1. The predicted octanol–water partition coefficient (Wildman–Crippen LogP) is 2.81. The van der Waals surface area contributed by atoms with Gasteiger partial charge in [-0.25, -0.2) is 0 Å². The second-order valence-corrected chi connectivity index (χ2v) is 8.01. The number of para-hydroxylation sites is 1. The van der Waals surface area contributed by atoms with E-state index in [1.807, 2.05) is 36.4 Å². The van der Waals surface area contributed by atoms with Crippen molar-refractivity contribution >= 4 is 57.8 Å².